The highest BCUT2D eigenvalue weighted by molar-refractivity contribution is 5.77. The molecule has 0 fully saturated rings. The number of nitrogen functional groups attached to an aromatic ring is 1. The lowest BCUT2D eigenvalue weighted by atomic mass is 10.0. The molecule has 0 aliphatic rings. The predicted octanol–water partition coefficient (Wildman–Crippen LogP) is 2.78. The Morgan fingerprint density at radius 3 is 2.73 bits per heavy atom. The standard InChI is InChI=1S/C12H11FN2/c1-8-2-3-9(13)6-11(8)10-4-5-15-7-12(10)14/h2-7H,14H2,1H3. The quantitative estimate of drug-likeness (QED) is 0.772. The van der Waals surface area contributed by atoms with Crippen LogP contribution in [0, 0.1) is 12.7 Å². The third-order valence-corrected chi connectivity index (χ3v) is 2.34. The molecule has 2 N–H and O–H groups in total. The van der Waals surface area contributed by atoms with Gasteiger partial charge in [-0.1, -0.05) is 6.07 Å². The second kappa shape index (κ2) is 3.69. The Balaban J connectivity index is 2.64. The van der Waals surface area contributed by atoms with Crippen molar-refractivity contribution in [1.82, 2.24) is 4.98 Å². The zero-order valence-corrected chi connectivity index (χ0v) is 8.37. The molecule has 0 aliphatic carbocycles. The number of nitrogens with two attached hydrogens (primary N) is 1. The number of rotatable bonds is 1. The highest BCUT2D eigenvalue weighted by atomic mass is 19.1. The van der Waals surface area contributed by atoms with Gasteiger partial charge in [0.1, 0.15) is 5.82 Å². The average molecular weight is 202 g/mol. The molecule has 2 nitrogen and oxygen atoms in total. The Bertz CT molecular complexity index is 495. The lowest BCUT2D eigenvalue weighted by molar-refractivity contribution is 0.628. The van der Waals surface area contributed by atoms with E-state index in [1.807, 2.05) is 6.92 Å². The van der Waals surface area contributed by atoms with Crippen LogP contribution in [0.2, 0.25) is 0 Å². The molecular weight excluding hydrogens is 191 g/mol. The second-order valence-corrected chi connectivity index (χ2v) is 3.42. The Hall–Kier alpha value is -1.90. The summed E-state index contributed by atoms with van der Waals surface area (Å²) < 4.78 is 13.1. The van der Waals surface area contributed by atoms with Crippen LogP contribution < -0.4 is 5.73 Å². The SMILES string of the molecule is Cc1ccc(F)cc1-c1ccncc1N. The van der Waals surface area contributed by atoms with E-state index in [1.54, 1.807) is 24.5 Å². The number of nitrogens with zero attached hydrogens (tertiary/aromatic N) is 1. The minimum atomic E-state index is -0.258. The molecule has 1 heterocycles. The average Bonchev–Trinajstić information content (AvgIpc) is 2.23. The summed E-state index contributed by atoms with van der Waals surface area (Å²) in [5.74, 6) is -0.258. The van der Waals surface area contributed by atoms with Gasteiger partial charge in [0, 0.05) is 11.8 Å². The molecule has 0 aliphatic heterocycles. The zero-order chi connectivity index (χ0) is 10.8. The summed E-state index contributed by atoms with van der Waals surface area (Å²) >= 11 is 0. The Morgan fingerprint density at radius 1 is 1.20 bits per heavy atom. The number of benzene rings is 1. The Kier molecular flexibility index (Phi) is 2.37. The molecule has 1 aromatic carbocycles. The van der Waals surface area contributed by atoms with Crippen molar-refractivity contribution in [3.63, 3.8) is 0 Å². The number of aromatic nitrogens is 1. The van der Waals surface area contributed by atoms with Gasteiger partial charge in [0.2, 0.25) is 0 Å². The largest absolute Gasteiger partial charge is 0.397 e. The van der Waals surface area contributed by atoms with Crippen LogP contribution >= 0.6 is 0 Å². The van der Waals surface area contributed by atoms with E-state index in [4.69, 9.17) is 5.73 Å². The molecule has 0 spiro atoms. The summed E-state index contributed by atoms with van der Waals surface area (Å²) in [5.41, 5.74) is 8.98. The summed E-state index contributed by atoms with van der Waals surface area (Å²) in [6.07, 6.45) is 3.22. The Labute approximate surface area is 87.6 Å². The smallest absolute Gasteiger partial charge is 0.123 e. The van der Waals surface area contributed by atoms with Crippen molar-refractivity contribution in [2.45, 2.75) is 6.92 Å². The van der Waals surface area contributed by atoms with Gasteiger partial charge in [-0.3, -0.25) is 4.98 Å². The van der Waals surface area contributed by atoms with Gasteiger partial charge in [-0.2, -0.15) is 0 Å². The molecule has 0 bridgehead atoms. The molecule has 15 heavy (non-hydrogen) atoms. The lowest BCUT2D eigenvalue weighted by Gasteiger charge is -2.08. The molecular formula is C12H11FN2. The van der Waals surface area contributed by atoms with Crippen LogP contribution in [0.4, 0.5) is 10.1 Å². The van der Waals surface area contributed by atoms with Gasteiger partial charge in [0.15, 0.2) is 0 Å². The monoisotopic (exact) mass is 202 g/mol. The summed E-state index contributed by atoms with van der Waals surface area (Å²) in [5, 5.41) is 0. The van der Waals surface area contributed by atoms with Crippen LogP contribution in [0.3, 0.4) is 0 Å². The summed E-state index contributed by atoms with van der Waals surface area (Å²) in [6.45, 7) is 1.93. The summed E-state index contributed by atoms with van der Waals surface area (Å²) in [7, 11) is 0. The minimum absolute atomic E-state index is 0.258. The van der Waals surface area contributed by atoms with Crippen LogP contribution in [-0.2, 0) is 0 Å². The highest BCUT2D eigenvalue weighted by Gasteiger charge is 2.06. The summed E-state index contributed by atoms with van der Waals surface area (Å²) in [4.78, 5) is 3.90. The van der Waals surface area contributed by atoms with Crippen LogP contribution in [0.25, 0.3) is 11.1 Å². The molecule has 0 atom stereocenters. The third kappa shape index (κ3) is 1.81. The molecule has 2 aromatic rings. The second-order valence-electron chi connectivity index (χ2n) is 3.42. The first-order valence-corrected chi connectivity index (χ1v) is 4.64. The van der Waals surface area contributed by atoms with E-state index in [-0.39, 0.29) is 5.82 Å². The van der Waals surface area contributed by atoms with Crippen molar-refractivity contribution in [3.05, 3.63) is 48.0 Å². The molecule has 0 radical (unpaired) electrons. The van der Waals surface area contributed by atoms with Crippen molar-refractivity contribution >= 4 is 5.69 Å². The first-order valence-electron chi connectivity index (χ1n) is 4.64. The van der Waals surface area contributed by atoms with E-state index < -0.39 is 0 Å². The Morgan fingerprint density at radius 2 is 2.00 bits per heavy atom. The fraction of sp³-hybridized carbons (Fsp3) is 0.0833. The van der Waals surface area contributed by atoms with E-state index in [0.717, 1.165) is 16.7 Å². The molecule has 0 saturated heterocycles. The van der Waals surface area contributed by atoms with Crippen molar-refractivity contribution in [2.75, 3.05) is 5.73 Å². The molecule has 76 valence electrons. The number of aryl methyl sites for hydroxylation is 1. The van der Waals surface area contributed by atoms with Gasteiger partial charge >= 0.3 is 0 Å². The van der Waals surface area contributed by atoms with Crippen molar-refractivity contribution in [1.29, 1.82) is 0 Å². The maximum Gasteiger partial charge on any atom is 0.123 e. The van der Waals surface area contributed by atoms with E-state index >= 15 is 0 Å². The van der Waals surface area contributed by atoms with Gasteiger partial charge in [-0.25, -0.2) is 4.39 Å². The van der Waals surface area contributed by atoms with Crippen molar-refractivity contribution in [2.24, 2.45) is 0 Å². The highest BCUT2D eigenvalue weighted by Crippen LogP contribution is 2.28. The molecule has 2 rings (SSSR count). The van der Waals surface area contributed by atoms with Crippen LogP contribution in [0.15, 0.2) is 36.7 Å². The number of halogens is 1. The number of hydrogen-bond acceptors (Lipinski definition) is 2. The first kappa shape index (κ1) is 9.65. The molecule has 1 aromatic heterocycles. The molecule has 0 amide bonds. The topological polar surface area (TPSA) is 38.9 Å². The van der Waals surface area contributed by atoms with Crippen LogP contribution in [0.1, 0.15) is 5.56 Å². The van der Waals surface area contributed by atoms with E-state index in [1.165, 1.54) is 12.1 Å². The van der Waals surface area contributed by atoms with Crippen LogP contribution in [-0.4, -0.2) is 4.98 Å². The number of pyridine rings is 1. The van der Waals surface area contributed by atoms with Gasteiger partial charge < -0.3 is 5.73 Å². The number of anilines is 1. The summed E-state index contributed by atoms with van der Waals surface area (Å²) in [6, 6.07) is 6.46. The fourth-order valence-corrected chi connectivity index (χ4v) is 1.54. The molecule has 0 unspecified atom stereocenters. The fourth-order valence-electron chi connectivity index (χ4n) is 1.54. The van der Waals surface area contributed by atoms with E-state index in [9.17, 15) is 4.39 Å². The maximum atomic E-state index is 13.1. The van der Waals surface area contributed by atoms with Crippen molar-refractivity contribution in [3.8, 4) is 11.1 Å². The maximum absolute atomic E-state index is 13.1. The predicted molar refractivity (Wildman–Crippen MR) is 58.8 cm³/mol. The van der Waals surface area contributed by atoms with E-state index in [0.29, 0.717) is 5.69 Å². The van der Waals surface area contributed by atoms with Gasteiger partial charge in [0.05, 0.1) is 11.9 Å². The number of hydrogen-bond donors (Lipinski definition) is 1. The normalized spacial score (nSPS) is 10.3. The van der Waals surface area contributed by atoms with Gasteiger partial charge in [-0.05, 0) is 36.2 Å². The molecule has 0 saturated carbocycles. The zero-order valence-electron chi connectivity index (χ0n) is 8.37. The first-order chi connectivity index (χ1) is 7.18. The molecule has 3 heteroatoms. The third-order valence-electron chi connectivity index (χ3n) is 2.34. The van der Waals surface area contributed by atoms with Gasteiger partial charge in [0.25, 0.3) is 0 Å². The van der Waals surface area contributed by atoms with Gasteiger partial charge in [-0.15, -0.1) is 0 Å². The minimum Gasteiger partial charge on any atom is -0.397 e. The van der Waals surface area contributed by atoms with Crippen molar-refractivity contribution < 1.29 is 4.39 Å². The lowest BCUT2D eigenvalue weighted by Crippen LogP contribution is -1.93. The van der Waals surface area contributed by atoms with Crippen LogP contribution in [0.5, 0.6) is 0 Å². The van der Waals surface area contributed by atoms with E-state index in [2.05, 4.69) is 4.98 Å².